The zero-order valence-corrected chi connectivity index (χ0v) is 14.2. The van der Waals surface area contributed by atoms with Crippen LogP contribution in [0.1, 0.15) is 12.0 Å². The molecular formula is C18H20N4O3. The number of nitrogens with one attached hydrogen (secondary N) is 1. The second kappa shape index (κ2) is 9.13. The molecule has 130 valence electrons. The highest BCUT2D eigenvalue weighted by Crippen LogP contribution is 2.26. The van der Waals surface area contributed by atoms with Crippen LogP contribution in [0.25, 0.3) is 0 Å². The molecule has 1 heterocycles. The Morgan fingerprint density at radius 3 is 2.56 bits per heavy atom. The molecule has 0 fully saturated rings. The van der Waals surface area contributed by atoms with Gasteiger partial charge >= 0.3 is 6.03 Å². The van der Waals surface area contributed by atoms with Crippen molar-refractivity contribution in [3.05, 3.63) is 48.3 Å². The molecule has 2 rings (SSSR count). The van der Waals surface area contributed by atoms with E-state index in [0.29, 0.717) is 30.3 Å². The lowest BCUT2D eigenvalue weighted by Gasteiger charge is -2.22. The molecule has 2 aromatic rings. The topological polar surface area (TPSA) is 87.5 Å². The Bertz CT molecular complexity index is 721. The largest absolute Gasteiger partial charge is 0.497 e. The lowest BCUT2D eigenvalue weighted by Crippen LogP contribution is -2.35. The number of hydrogen-bond donors (Lipinski definition) is 1. The maximum atomic E-state index is 12.6. The first kappa shape index (κ1) is 18.1. The van der Waals surface area contributed by atoms with Crippen molar-refractivity contribution in [2.24, 2.45) is 0 Å². The van der Waals surface area contributed by atoms with Gasteiger partial charge in [0.15, 0.2) is 0 Å². The van der Waals surface area contributed by atoms with Crippen LogP contribution in [0.15, 0.2) is 42.7 Å². The predicted molar refractivity (Wildman–Crippen MR) is 93.4 cm³/mol. The fourth-order valence-electron chi connectivity index (χ4n) is 2.23. The van der Waals surface area contributed by atoms with Gasteiger partial charge in [-0.15, -0.1) is 0 Å². The van der Waals surface area contributed by atoms with Crippen molar-refractivity contribution < 1.29 is 14.3 Å². The van der Waals surface area contributed by atoms with E-state index in [0.717, 1.165) is 5.56 Å². The molecule has 1 aromatic heterocycles. The van der Waals surface area contributed by atoms with Crippen molar-refractivity contribution in [2.45, 2.75) is 13.0 Å². The first-order chi connectivity index (χ1) is 12.2. The van der Waals surface area contributed by atoms with E-state index in [2.05, 4.69) is 16.4 Å². The van der Waals surface area contributed by atoms with Crippen LogP contribution < -0.4 is 14.8 Å². The Morgan fingerprint density at radius 1 is 1.28 bits per heavy atom. The maximum Gasteiger partial charge on any atom is 0.322 e. The van der Waals surface area contributed by atoms with E-state index >= 15 is 0 Å². The minimum atomic E-state index is -0.311. The van der Waals surface area contributed by atoms with Crippen molar-refractivity contribution >= 4 is 11.7 Å². The molecule has 0 radical (unpaired) electrons. The highest BCUT2D eigenvalue weighted by molar-refractivity contribution is 5.89. The molecule has 0 saturated carbocycles. The van der Waals surface area contributed by atoms with E-state index in [1.54, 1.807) is 49.7 Å². The van der Waals surface area contributed by atoms with Crippen LogP contribution in [0.2, 0.25) is 0 Å². The third-order valence-corrected chi connectivity index (χ3v) is 3.48. The molecule has 7 nitrogen and oxygen atoms in total. The molecule has 0 aliphatic heterocycles. The normalized spacial score (nSPS) is 9.80. The molecule has 1 aromatic carbocycles. The number of pyridine rings is 1. The third-order valence-electron chi connectivity index (χ3n) is 3.48. The zero-order valence-electron chi connectivity index (χ0n) is 14.2. The van der Waals surface area contributed by atoms with E-state index in [9.17, 15) is 4.79 Å². The Labute approximate surface area is 146 Å². The number of ether oxygens (including phenoxy) is 2. The summed E-state index contributed by atoms with van der Waals surface area (Å²) in [5, 5.41) is 11.7. The van der Waals surface area contributed by atoms with E-state index in [-0.39, 0.29) is 12.5 Å². The van der Waals surface area contributed by atoms with Gasteiger partial charge in [0, 0.05) is 49.4 Å². The van der Waals surface area contributed by atoms with Crippen molar-refractivity contribution in [3.63, 3.8) is 0 Å². The lowest BCUT2D eigenvalue weighted by atomic mass is 10.2. The summed E-state index contributed by atoms with van der Waals surface area (Å²) in [4.78, 5) is 18.2. The van der Waals surface area contributed by atoms with Gasteiger partial charge in [-0.1, -0.05) is 6.07 Å². The smallest absolute Gasteiger partial charge is 0.322 e. The average molecular weight is 340 g/mol. The summed E-state index contributed by atoms with van der Waals surface area (Å²) >= 11 is 0. The molecule has 0 aliphatic carbocycles. The van der Waals surface area contributed by atoms with Crippen molar-refractivity contribution in [1.29, 1.82) is 5.26 Å². The Morgan fingerprint density at radius 2 is 2.00 bits per heavy atom. The minimum Gasteiger partial charge on any atom is -0.497 e. The molecule has 2 amide bonds. The second-order valence-electron chi connectivity index (χ2n) is 5.22. The second-order valence-corrected chi connectivity index (χ2v) is 5.22. The molecule has 0 spiro atoms. The molecule has 25 heavy (non-hydrogen) atoms. The monoisotopic (exact) mass is 340 g/mol. The number of benzene rings is 1. The van der Waals surface area contributed by atoms with Crippen LogP contribution in [0.5, 0.6) is 11.5 Å². The molecule has 0 unspecified atom stereocenters. The highest BCUT2D eigenvalue weighted by atomic mass is 16.5. The maximum absolute atomic E-state index is 12.6. The number of carbonyl (C=O) groups is 1. The van der Waals surface area contributed by atoms with Crippen LogP contribution in [0.4, 0.5) is 10.5 Å². The van der Waals surface area contributed by atoms with Gasteiger partial charge in [0.2, 0.25) is 0 Å². The number of rotatable bonds is 7. The number of nitrogens with zero attached hydrogens (tertiary/aromatic N) is 3. The van der Waals surface area contributed by atoms with E-state index < -0.39 is 0 Å². The Hall–Kier alpha value is -3.27. The quantitative estimate of drug-likeness (QED) is 0.837. The third kappa shape index (κ3) is 5.39. The number of aromatic nitrogens is 1. The van der Waals surface area contributed by atoms with Gasteiger partial charge in [0.25, 0.3) is 0 Å². The van der Waals surface area contributed by atoms with Crippen molar-refractivity contribution in [1.82, 2.24) is 9.88 Å². The average Bonchev–Trinajstić information content (AvgIpc) is 2.65. The number of urea groups is 1. The number of carbonyl (C=O) groups excluding carboxylic acids is 1. The molecule has 0 atom stereocenters. The van der Waals surface area contributed by atoms with Crippen LogP contribution >= 0.6 is 0 Å². The zero-order chi connectivity index (χ0) is 18.1. The van der Waals surface area contributed by atoms with Crippen LogP contribution in [-0.4, -0.2) is 36.7 Å². The highest BCUT2D eigenvalue weighted by Gasteiger charge is 2.15. The van der Waals surface area contributed by atoms with E-state index in [1.165, 1.54) is 0 Å². The summed E-state index contributed by atoms with van der Waals surface area (Å²) in [5.74, 6) is 1.15. The van der Waals surface area contributed by atoms with E-state index in [1.807, 2.05) is 12.1 Å². The molecule has 0 saturated heterocycles. The molecule has 7 heteroatoms. The first-order valence-corrected chi connectivity index (χ1v) is 7.71. The number of nitriles is 1. The number of methoxy groups -OCH3 is 2. The Kier molecular flexibility index (Phi) is 6.60. The van der Waals surface area contributed by atoms with Gasteiger partial charge in [-0.3, -0.25) is 4.98 Å². The van der Waals surface area contributed by atoms with Gasteiger partial charge in [-0.2, -0.15) is 5.26 Å². The fraction of sp³-hybridized carbons (Fsp3) is 0.278. The summed E-state index contributed by atoms with van der Waals surface area (Å²) in [7, 11) is 3.09. The summed E-state index contributed by atoms with van der Waals surface area (Å²) < 4.78 is 10.4. The van der Waals surface area contributed by atoms with Crippen molar-refractivity contribution in [3.8, 4) is 17.6 Å². The van der Waals surface area contributed by atoms with Crippen LogP contribution in [0.3, 0.4) is 0 Å². The molecule has 0 bridgehead atoms. The van der Waals surface area contributed by atoms with Gasteiger partial charge in [-0.25, -0.2) is 4.79 Å². The Balaban J connectivity index is 2.14. The van der Waals surface area contributed by atoms with Gasteiger partial charge in [0.05, 0.1) is 26.7 Å². The molecular weight excluding hydrogens is 320 g/mol. The molecule has 0 aliphatic rings. The predicted octanol–water partition coefficient (Wildman–Crippen LogP) is 3.05. The van der Waals surface area contributed by atoms with Gasteiger partial charge in [0.1, 0.15) is 11.5 Å². The number of hydrogen-bond acceptors (Lipinski definition) is 5. The van der Waals surface area contributed by atoms with Crippen LogP contribution in [-0.2, 0) is 6.54 Å². The minimum absolute atomic E-state index is 0.245. The van der Waals surface area contributed by atoms with Gasteiger partial charge in [-0.05, 0) is 11.6 Å². The number of amides is 2. The fourth-order valence-corrected chi connectivity index (χ4v) is 2.23. The summed E-state index contributed by atoms with van der Waals surface area (Å²) in [6, 6.07) is 10.6. The summed E-state index contributed by atoms with van der Waals surface area (Å²) in [6.07, 6.45) is 3.61. The SMILES string of the molecule is COc1cc(NC(=O)N(CCC#N)Cc2cccnc2)cc(OC)c1. The van der Waals surface area contributed by atoms with E-state index in [4.69, 9.17) is 14.7 Å². The van der Waals surface area contributed by atoms with Crippen molar-refractivity contribution in [2.75, 3.05) is 26.1 Å². The van der Waals surface area contributed by atoms with Gasteiger partial charge < -0.3 is 19.7 Å². The number of anilines is 1. The lowest BCUT2D eigenvalue weighted by molar-refractivity contribution is 0.210. The first-order valence-electron chi connectivity index (χ1n) is 7.71. The van der Waals surface area contributed by atoms with Crippen LogP contribution in [0, 0.1) is 11.3 Å². The molecule has 1 N–H and O–H groups in total. The summed E-state index contributed by atoms with van der Waals surface area (Å²) in [5.41, 5.74) is 1.44. The summed E-state index contributed by atoms with van der Waals surface area (Å²) in [6.45, 7) is 0.681. The standard InChI is InChI=1S/C18H20N4O3/c1-24-16-9-15(10-17(11-16)25-2)21-18(23)22(8-4-6-19)13-14-5-3-7-20-12-14/h3,5,7,9-12H,4,8,13H2,1-2H3,(H,21,23).